The molecule has 0 aromatic rings. The molecule has 2 unspecified atom stereocenters. The van der Waals surface area contributed by atoms with E-state index >= 15 is 0 Å². The molecule has 80 valence electrons. The van der Waals surface area contributed by atoms with Gasteiger partial charge in [0.1, 0.15) is 0 Å². The third kappa shape index (κ3) is 1.33. The summed E-state index contributed by atoms with van der Waals surface area (Å²) in [6.07, 6.45) is 3.21. The predicted molar refractivity (Wildman–Crippen MR) is 50.8 cm³/mol. The van der Waals surface area contributed by atoms with Gasteiger partial charge in [-0.15, -0.1) is 0 Å². The summed E-state index contributed by atoms with van der Waals surface area (Å²) in [4.78, 5) is 13.7. The van der Waals surface area contributed by atoms with Crippen molar-refractivity contribution in [2.75, 3.05) is 14.2 Å². The normalized spacial score (nSPS) is 42.5. The third-order valence-corrected chi connectivity index (χ3v) is 3.70. The lowest BCUT2D eigenvalue weighted by atomic mass is 9.86. The summed E-state index contributed by atoms with van der Waals surface area (Å²) in [5.74, 6) is -0.470. The second-order valence-electron chi connectivity index (χ2n) is 4.48. The van der Waals surface area contributed by atoms with Crippen LogP contribution < -0.4 is 0 Å². The summed E-state index contributed by atoms with van der Waals surface area (Å²) in [7, 11) is 3.40. The minimum atomic E-state index is -1.23. The summed E-state index contributed by atoms with van der Waals surface area (Å²) in [6.45, 7) is 0. The molecule has 1 N–H and O–H groups in total. The topological polar surface area (TPSA) is 49.8 Å². The summed E-state index contributed by atoms with van der Waals surface area (Å²) in [5, 5.41) is 10.1. The fourth-order valence-electron chi connectivity index (χ4n) is 2.80. The Balaban J connectivity index is 2.15. The monoisotopic (exact) mass is 199 g/mol. The molecule has 0 aliphatic carbocycles. The van der Waals surface area contributed by atoms with Crippen molar-refractivity contribution in [3.63, 3.8) is 0 Å². The number of piperidine rings is 1. The number of methoxy groups -OCH3 is 1. The molecule has 0 aromatic heterocycles. The second kappa shape index (κ2) is 3.21. The molecule has 2 aliphatic rings. The molecule has 2 atom stereocenters. The maximum Gasteiger partial charge on any atom is 0.337 e. The van der Waals surface area contributed by atoms with Crippen LogP contribution in [0.5, 0.6) is 0 Å². The molecule has 2 aliphatic heterocycles. The van der Waals surface area contributed by atoms with Crippen LogP contribution in [0, 0.1) is 0 Å². The molecule has 4 nitrogen and oxygen atoms in total. The summed E-state index contributed by atoms with van der Waals surface area (Å²) in [6, 6.07) is 0.690. The van der Waals surface area contributed by atoms with Gasteiger partial charge in [-0.25, -0.2) is 4.79 Å². The van der Waals surface area contributed by atoms with Gasteiger partial charge in [0.05, 0.1) is 7.11 Å². The first-order valence-corrected chi connectivity index (χ1v) is 5.09. The molecule has 14 heavy (non-hydrogen) atoms. The lowest BCUT2D eigenvalue weighted by Crippen LogP contribution is -2.53. The largest absolute Gasteiger partial charge is 0.467 e. The summed E-state index contributed by atoms with van der Waals surface area (Å²) >= 11 is 0. The van der Waals surface area contributed by atoms with E-state index in [1.165, 1.54) is 7.11 Å². The molecule has 2 bridgehead atoms. The fraction of sp³-hybridized carbons (Fsp3) is 0.900. The molecular formula is C10H17NO3. The van der Waals surface area contributed by atoms with Crippen molar-refractivity contribution < 1.29 is 14.6 Å². The maximum atomic E-state index is 11.4. The minimum absolute atomic E-state index is 0.345. The number of aliphatic hydroxyl groups is 1. The predicted octanol–water partition coefficient (Wildman–Crippen LogP) is 0.147. The molecule has 0 aromatic carbocycles. The molecule has 2 fully saturated rings. The highest BCUT2D eigenvalue weighted by Crippen LogP contribution is 2.40. The molecule has 0 radical (unpaired) electrons. The Kier molecular flexibility index (Phi) is 2.27. The van der Waals surface area contributed by atoms with Gasteiger partial charge >= 0.3 is 5.97 Å². The van der Waals surface area contributed by atoms with Gasteiger partial charge in [0, 0.05) is 24.9 Å². The van der Waals surface area contributed by atoms with Gasteiger partial charge in [0.2, 0.25) is 0 Å². The molecule has 4 heteroatoms. The lowest BCUT2D eigenvalue weighted by Gasteiger charge is -2.40. The van der Waals surface area contributed by atoms with Crippen LogP contribution in [0.1, 0.15) is 25.7 Å². The minimum Gasteiger partial charge on any atom is -0.467 e. The highest BCUT2D eigenvalue weighted by Gasteiger charge is 2.50. The van der Waals surface area contributed by atoms with Gasteiger partial charge in [0.15, 0.2) is 5.60 Å². The van der Waals surface area contributed by atoms with Crippen molar-refractivity contribution >= 4 is 5.97 Å². The van der Waals surface area contributed by atoms with Crippen LogP contribution in [-0.4, -0.2) is 47.8 Å². The molecule has 2 heterocycles. The average molecular weight is 199 g/mol. The quantitative estimate of drug-likeness (QED) is 0.611. The molecule has 2 rings (SSSR count). The first-order chi connectivity index (χ1) is 6.57. The van der Waals surface area contributed by atoms with Crippen LogP contribution in [0.3, 0.4) is 0 Å². The Bertz CT molecular complexity index is 240. The van der Waals surface area contributed by atoms with E-state index in [0.717, 1.165) is 12.8 Å². The second-order valence-corrected chi connectivity index (χ2v) is 4.48. The Morgan fingerprint density at radius 3 is 2.36 bits per heavy atom. The van der Waals surface area contributed by atoms with Gasteiger partial charge in [-0.3, -0.25) is 0 Å². The highest BCUT2D eigenvalue weighted by molar-refractivity contribution is 5.79. The van der Waals surface area contributed by atoms with E-state index in [1.807, 2.05) is 0 Å². The van der Waals surface area contributed by atoms with Crippen LogP contribution in [0.4, 0.5) is 0 Å². The first kappa shape index (κ1) is 9.93. The lowest BCUT2D eigenvalue weighted by molar-refractivity contribution is -0.170. The van der Waals surface area contributed by atoms with E-state index in [2.05, 4.69) is 16.7 Å². The van der Waals surface area contributed by atoms with Crippen molar-refractivity contribution in [1.82, 2.24) is 4.90 Å². The zero-order valence-electron chi connectivity index (χ0n) is 8.69. The highest BCUT2D eigenvalue weighted by atomic mass is 16.5. The Labute approximate surface area is 83.8 Å². The van der Waals surface area contributed by atoms with Crippen LogP contribution in [0.15, 0.2) is 0 Å². The summed E-state index contributed by atoms with van der Waals surface area (Å²) < 4.78 is 4.64. The molecule has 2 saturated heterocycles. The molecule has 0 spiro atoms. The average Bonchev–Trinajstić information content (AvgIpc) is 2.42. The zero-order valence-corrected chi connectivity index (χ0v) is 8.69. The maximum absolute atomic E-state index is 11.4. The van der Waals surface area contributed by atoms with Crippen molar-refractivity contribution in [2.24, 2.45) is 0 Å². The third-order valence-electron chi connectivity index (χ3n) is 3.70. The van der Waals surface area contributed by atoms with E-state index in [-0.39, 0.29) is 0 Å². The van der Waals surface area contributed by atoms with E-state index in [1.54, 1.807) is 0 Å². The van der Waals surface area contributed by atoms with Crippen molar-refractivity contribution in [1.29, 1.82) is 0 Å². The van der Waals surface area contributed by atoms with Gasteiger partial charge in [0.25, 0.3) is 0 Å². The smallest absolute Gasteiger partial charge is 0.337 e. The zero-order chi connectivity index (χ0) is 10.3. The van der Waals surface area contributed by atoms with Gasteiger partial charge in [-0.2, -0.15) is 0 Å². The Morgan fingerprint density at radius 1 is 1.43 bits per heavy atom. The Hall–Kier alpha value is -0.610. The number of hydrogen-bond donors (Lipinski definition) is 1. The van der Waals surface area contributed by atoms with Crippen LogP contribution in [0.2, 0.25) is 0 Å². The number of carbonyl (C=O) groups excluding carboxylic acids is 1. The molecular weight excluding hydrogens is 182 g/mol. The number of fused-ring (bicyclic) bond motifs is 2. The van der Waals surface area contributed by atoms with Gasteiger partial charge in [-0.05, 0) is 19.9 Å². The van der Waals surface area contributed by atoms with Crippen LogP contribution in [-0.2, 0) is 9.53 Å². The SMILES string of the molecule is COC(=O)C1(O)CC2CCC(C1)N2C. The van der Waals surface area contributed by atoms with Crippen molar-refractivity contribution in [3.05, 3.63) is 0 Å². The van der Waals surface area contributed by atoms with E-state index in [0.29, 0.717) is 24.9 Å². The fourth-order valence-corrected chi connectivity index (χ4v) is 2.80. The van der Waals surface area contributed by atoms with Crippen molar-refractivity contribution in [2.45, 2.75) is 43.4 Å². The number of rotatable bonds is 1. The number of hydrogen-bond acceptors (Lipinski definition) is 4. The van der Waals surface area contributed by atoms with Crippen LogP contribution >= 0.6 is 0 Å². The number of nitrogens with zero attached hydrogens (tertiary/aromatic N) is 1. The van der Waals surface area contributed by atoms with Gasteiger partial charge < -0.3 is 14.7 Å². The Morgan fingerprint density at radius 2 is 1.93 bits per heavy atom. The molecule has 0 saturated carbocycles. The first-order valence-electron chi connectivity index (χ1n) is 5.09. The summed E-state index contributed by atoms with van der Waals surface area (Å²) in [5.41, 5.74) is -1.23. The standard InChI is InChI=1S/C10H17NO3/c1-11-7-3-4-8(11)6-10(13,5-7)9(12)14-2/h7-8,13H,3-6H2,1-2H3. The van der Waals surface area contributed by atoms with E-state index in [4.69, 9.17) is 0 Å². The number of esters is 1. The van der Waals surface area contributed by atoms with Crippen molar-refractivity contribution in [3.8, 4) is 0 Å². The van der Waals surface area contributed by atoms with E-state index < -0.39 is 11.6 Å². The number of carbonyl (C=O) groups is 1. The van der Waals surface area contributed by atoms with Gasteiger partial charge in [-0.1, -0.05) is 0 Å². The van der Waals surface area contributed by atoms with Crippen LogP contribution in [0.25, 0.3) is 0 Å². The van der Waals surface area contributed by atoms with E-state index in [9.17, 15) is 9.90 Å². The molecule has 0 amide bonds. The number of ether oxygens (including phenoxy) is 1.